The molecule has 0 bridgehead atoms. The van der Waals surface area contributed by atoms with E-state index in [1.807, 2.05) is 43.4 Å². The molecule has 0 aromatic heterocycles. The maximum atomic E-state index is 5.77. The Bertz CT molecular complexity index is 749. The Hall–Kier alpha value is -2.73. The molecule has 2 aromatic rings. The minimum absolute atomic E-state index is 0.647. The molecule has 0 fully saturated rings. The van der Waals surface area contributed by atoms with Crippen LogP contribution in [0.4, 0.5) is 0 Å². The van der Waals surface area contributed by atoms with Crippen molar-refractivity contribution in [1.82, 2.24) is 10.2 Å². The third-order valence-corrected chi connectivity index (χ3v) is 4.28. The van der Waals surface area contributed by atoms with E-state index in [1.54, 1.807) is 21.3 Å². The van der Waals surface area contributed by atoms with Gasteiger partial charge in [0.1, 0.15) is 11.5 Å². The first kappa shape index (κ1) is 21.6. The van der Waals surface area contributed by atoms with Crippen molar-refractivity contribution >= 4 is 5.96 Å². The Balaban J connectivity index is 1.91. The lowest BCUT2D eigenvalue weighted by molar-refractivity contribution is 0.172. The average Bonchev–Trinajstić information content (AvgIpc) is 2.72. The van der Waals surface area contributed by atoms with Gasteiger partial charge in [-0.1, -0.05) is 30.3 Å². The minimum atomic E-state index is 0.647. The molecule has 0 saturated heterocycles. The molecule has 6 nitrogen and oxygen atoms in total. The van der Waals surface area contributed by atoms with Gasteiger partial charge in [-0.15, -0.1) is 0 Å². The van der Waals surface area contributed by atoms with E-state index in [2.05, 4.69) is 27.3 Å². The van der Waals surface area contributed by atoms with Crippen LogP contribution < -0.4 is 14.8 Å². The van der Waals surface area contributed by atoms with Gasteiger partial charge in [0.15, 0.2) is 5.96 Å². The molecule has 0 heterocycles. The number of aliphatic imine (C=N–C) groups is 1. The van der Waals surface area contributed by atoms with Gasteiger partial charge in [-0.25, -0.2) is 0 Å². The van der Waals surface area contributed by atoms with E-state index in [9.17, 15) is 0 Å². The largest absolute Gasteiger partial charge is 0.496 e. The first-order chi connectivity index (χ1) is 13.7. The van der Waals surface area contributed by atoms with E-state index in [4.69, 9.17) is 14.2 Å². The van der Waals surface area contributed by atoms with Crippen LogP contribution in [0.5, 0.6) is 11.5 Å². The van der Waals surface area contributed by atoms with E-state index < -0.39 is 0 Å². The van der Waals surface area contributed by atoms with Gasteiger partial charge in [-0.05, 0) is 23.8 Å². The zero-order chi connectivity index (χ0) is 20.2. The second kappa shape index (κ2) is 11.9. The smallest absolute Gasteiger partial charge is 0.193 e. The zero-order valence-electron chi connectivity index (χ0n) is 17.3. The second-order valence-electron chi connectivity index (χ2n) is 6.41. The van der Waals surface area contributed by atoms with Gasteiger partial charge in [-0.2, -0.15) is 0 Å². The predicted octanol–water partition coefficient (Wildman–Crippen LogP) is 3.32. The number of nitrogens with zero attached hydrogens (tertiary/aromatic N) is 2. The molecular formula is C22H31N3O3. The Morgan fingerprint density at radius 2 is 1.89 bits per heavy atom. The van der Waals surface area contributed by atoms with Gasteiger partial charge in [0.25, 0.3) is 0 Å². The molecule has 1 N–H and O–H groups in total. The van der Waals surface area contributed by atoms with Crippen molar-refractivity contribution in [2.24, 2.45) is 4.99 Å². The summed E-state index contributed by atoms with van der Waals surface area (Å²) in [5, 5.41) is 3.41. The first-order valence-electron chi connectivity index (χ1n) is 9.42. The molecule has 0 aliphatic heterocycles. The summed E-state index contributed by atoms with van der Waals surface area (Å²) in [6.45, 7) is 2.72. The highest BCUT2D eigenvalue weighted by molar-refractivity contribution is 5.79. The predicted molar refractivity (Wildman–Crippen MR) is 113 cm³/mol. The van der Waals surface area contributed by atoms with Crippen molar-refractivity contribution < 1.29 is 14.2 Å². The monoisotopic (exact) mass is 385 g/mol. The van der Waals surface area contributed by atoms with E-state index in [0.29, 0.717) is 26.3 Å². The maximum absolute atomic E-state index is 5.77. The lowest BCUT2D eigenvalue weighted by atomic mass is 10.2. The molecule has 6 heteroatoms. The molecule has 0 radical (unpaired) electrons. The van der Waals surface area contributed by atoms with Crippen LogP contribution in [0.15, 0.2) is 53.5 Å². The van der Waals surface area contributed by atoms with Crippen LogP contribution in [0.1, 0.15) is 17.5 Å². The number of nitrogens with one attached hydrogen (secondary N) is 1. The number of rotatable bonds is 10. The maximum Gasteiger partial charge on any atom is 0.193 e. The average molecular weight is 386 g/mol. The van der Waals surface area contributed by atoms with Crippen molar-refractivity contribution in [1.29, 1.82) is 0 Å². The van der Waals surface area contributed by atoms with Crippen molar-refractivity contribution in [3.8, 4) is 11.5 Å². The first-order valence-corrected chi connectivity index (χ1v) is 9.42. The minimum Gasteiger partial charge on any atom is -0.496 e. The number of hydrogen-bond donors (Lipinski definition) is 1. The number of benzene rings is 2. The molecule has 0 spiro atoms. The molecule has 0 unspecified atom stereocenters. The number of para-hydroxylation sites is 1. The van der Waals surface area contributed by atoms with Crippen LogP contribution in [0.25, 0.3) is 0 Å². The molecule has 2 rings (SSSR count). The van der Waals surface area contributed by atoms with Crippen molar-refractivity contribution in [2.45, 2.75) is 19.5 Å². The summed E-state index contributed by atoms with van der Waals surface area (Å²) in [6, 6.07) is 16.1. The normalized spacial score (nSPS) is 11.2. The van der Waals surface area contributed by atoms with E-state index in [1.165, 1.54) is 0 Å². The van der Waals surface area contributed by atoms with Crippen molar-refractivity contribution in [2.75, 3.05) is 41.5 Å². The van der Waals surface area contributed by atoms with Gasteiger partial charge in [0, 0.05) is 52.9 Å². The quantitative estimate of drug-likeness (QED) is 0.386. The Morgan fingerprint density at radius 1 is 1.07 bits per heavy atom. The number of methoxy groups -OCH3 is 2. The number of ether oxygens (including phenoxy) is 3. The van der Waals surface area contributed by atoms with Crippen LogP contribution in [-0.4, -0.2) is 52.4 Å². The SMILES string of the molecule is CN=C(NCc1cccc(OCCCOC)c1)N(C)Cc1ccccc1OC. The van der Waals surface area contributed by atoms with Crippen LogP contribution >= 0.6 is 0 Å². The van der Waals surface area contributed by atoms with Gasteiger partial charge >= 0.3 is 0 Å². The number of hydrogen-bond acceptors (Lipinski definition) is 4. The van der Waals surface area contributed by atoms with Crippen LogP contribution in [-0.2, 0) is 17.8 Å². The highest BCUT2D eigenvalue weighted by atomic mass is 16.5. The Labute approximate surface area is 168 Å². The molecule has 0 aliphatic carbocycles. The fourth-order valence-corrected chi connectivity index (χ4v) is 2.87. The molecular weight excluding hydrogens is 354 g/mol. The van der Waals surface area contributed by atoms with Crippen LogP contribution in [0.3, 0.4) is 0 Å². The Kier molecular flexibility index (Phi) is 9.15. The molecule has 0 atom stereocenters. The van der Waals surface area contributed by atoms with Gasteiger partial charge in [-0.3, -0.25) is 4.99 Å². The fraction of sp³-hybridized carbons (Fsp3) is 0.409. The lowest BCUT2D eigenvalue weighted by Gasteiger charge is -2.23. The highest BCUT2D eigenvalue weighted by Gasteiger charge is 2.10. The van der Waals surface area contributed by atoms with Gasteiger partial charge < -0.3 is 24.4 Å². The third-order valence-electron chi connectivity index (χ3n) is 4.28. The van der Waals surface area contributed by atoms with Crippen LogP contribution in [0.2, 0.25) is 0 Å². The van der Waals surface area contributed by atoms with E-state index in [0.717, 1.165) is 35.0 Å². The molecule has 0 saturated carbocycles. The fourth-order valence-electron chi connectivity index (χ4n) is 2.87. The lowest BCUT2D eigenvalue weighted by Crippen LogP contribution is -2.38. The zero-order valence-corrected chi connectivity index (χ0v) is 17.3. The molecule has 152 valence electrons. The van der Waals surface area contributed by atoms with E-state index in [-0.39, 0.29) is 0 Å². The van der Waals surface area contributed by atoms with Gasteiger partial charge in [0.2, 0.25) is 0 Å². The molecule has 0 aliphatic rings. The van der Waals surface area contributed by atoms with Crippen molar-refractivity contribution in [3.63, 3.8) is 0 Å². The molecule has 2 aromatic carbocycles. The summed E-state index contributed by atoms with van der Waals surface area (Å²) < 4.78 is 16.3. The van der Waals surface area contributed by atoms with Crippen molar-refractivity contribution in [3.05, 3.63) is 59.7 Å². The third kappa shape index (κ3) is 6.78. The summed E-state index contributed by atoms with van der Waals surface area (Å²) in [4.78, 5) is 6.47. The standard InChI is InChI=1S/C22H31N3O3/c1-23-22(25(2)17-19-10-5-6-12-21(19)27-4)24-16-18-9-7-11-20(15-18)28-14-8-13-26-3/h5-7,9-12,15H,8,13-14,16-17H2,1-4H3,(H,23,24). The topological polar surface area (TPSA) is 55.3 Å². The summed E-state index contributed by atoms with van der Waals surface area (Å²) in [6.07, 6.45) is 0.874. The van der Waals surface area contributed by atoms with Crippen LogP contribution in [0, 0.1) is 0 Å². The summed E-state index contributed by atoms with van der Waals surface area (Å²) in [5.41, 5.74) is 2.25. The van der Waals surface area contributed by atoms with Gasteiger partial charge in [0.05, 0.1) is 13.7 Å². The summed E-state index contributed by atoms with van der Waals surface area (Å²) in [7, 11) is 7.19. The molecule has 0 amide bonds. The Morgan fingerprint density at radius 3 is 2.64 bits per heavy atom. The molecule has 28 heavy (non-hydrogen) atoms. The second-order valence-corrected chi connectivity index (χ2v) is 6.41. The number of guanidine groups is 1. The summed E-state index contributed by atoms with van der Waals surface area (Å²) >= 11 is 0. The highest BCUT2D eigenvalue weighted by Crippen LogP contribution is 2.19. The summed E-state index contributed by atoms with van der Waals surface area (Å²) in [5.74, 6) is 2.56. The van der Waals surface area contributed by atoms with E-state index >= 15 is 0 Å².